The smallest absolute Gasteiger partial charge is 0.677 e. The zero-order chi connectivity index (χ0) is 46.5. The van der Waals surface area contributed by atoms with E-state index in [2.05, 4.69) is 58.8 Å². The van der Waals surface area contributed by atoms with Crippen molar-refractivity contribution in [1.82, 2.24) is 5.32 Å². The molecule has 0 saturated heterocycles. The molecule has 2 aliphatic carbocycles. The van der Waals surface area contributed by atoms with Crippen molar-refractivity contribution in [2.45, 2.75) is 186 Å². The number of ether oxygens (including phenoxy) is 3. The van der Waals surface area contributed by atoms with E-state index in [-0.39, 0.29) is 39.3 Å². The summed E-state index contributed by atoms with van der Waals surface area (Å²) < 4.78 is 71.2. The van der Waals surface area contributed by atoms with E-state index < -0.39 is 46.5 Å². The Kier molecular flexibility index (Phi) is 43.5. The number of aliphatic hydroxyl groups is 3. The minimum absolute atomic E-state index is 0. The molecule has 1 aromatic rings. The molecule has 0 bridgehead atoms. The molecule has 0 spiro atoms. The Morgan fingerprint density at radius 1 is 0.810 bits per heavy atom. The maximum absolute atomic E-state index is 14.2. The second kappa shape index (κ2) is 42.6. The molecule has 63 heavy (non-hydrogen) atoms. The van der Waals surface area contributed by atoms with Crippen molar-refractivity contribution < 1.29 is 68.2 Å². The van der Waals surface area contributed by atoms with E-state index in [0.29, 0.717) is 50.9 Å². The maximum Gasteiger partial charge on any atom is 2.00 e. The summed E-state index contributed by atoms with van der Waals surface area (Å²) in [6, 6.07) is 0. The zero-order valence-corrected chi connectivity index (χ0v) is 44.1. The fourth-order valence-corrected chi connectivity index (χ4v) is 6.86. The van der Waals surface area contributed by atoms with Gasteiger partial charge in [-0.1, -0.05) is 126 Å². The third-order valence-corrected chi connectivity index (χ3v) is 12.2. The standard InChI is InChI=1S/C21H29F4NOP.C11H20NO2.C10H22O3S.C6H14.W/c22-16-17(23)20(19(25)21(28)18(16)24)27-15(14-10-9-11-14)12-7-5-3-1-2-4-6-8-13-26;1-2-13-8-9-14-7-6-12-10-11-4-3-5-11;1-3-7(2)10(14)6-9(13)8(12)4-5-11;1-3-5-6-4-2;/h26H,1-13,28H2;10,12H,1-9H2;7-14H,3-6H2,1-2H3;3-6H2,1-2H3;/q2*-1;;;+2. The fourth-order valence-electron chi connectivity index (χ4n) is 6.17. The second-order valence-corrected chi connectivity index (χ2v) is 17.4. The third kappa shape index (κ3) is 30.3. The van der Waals surface area contributed by atoms with E-state index in [1.807, 2.05) is 0 Å². The first-order valence-electron chi connectivity index (χ1n) is 23.5. The quantitative estimate of drug-likeness (QED) is 0.00760. The van der Waals surface area contributed by atoms with Crippen molar-refractivity contribution in [3.63, 3.8) is 0 Å². The molecule has 5 atom stereocenters. The number of unbranched alkanes of at least 4 members (excludes halogenated alkanes) is 10. The Hall–Kier alpha value is -0.752. The average molecular weight is 1110 g/mol. The number of allylic oxidation sites excluding steroid dienone is 3. The van der Waals surface area contributed by atoms with E-state index in [9.17, 15) is 27.8 Å². The van der Waals surface area contributed by atoms with Crippen LogP contribution in [-0.4, -0.2) is 78.9 Å². The van der Waals surface area contributed by atoms with Gasteiger partial charge in [0.1, 0.15) is 5.76 Å². The molecular weight excluding hydrogens is 1020 g/mol. The van der Waals surface area contributed by atoms with Crippen LogP contribution in [0.5, 0.6) is 5.75 Å². The van der Waals surface area contributed by atoms with Gasteiger partial charge in [0.2, 0.25) is 11.6 Å². The number of aliphatic hydroxyl groups excluding tert-OH is 3. The number of nitrogens with one attached hydrogen (secondary N) is 2. The molecule has 0 amide bonds. The minimum atomic E-state index is -1.72. The zero-order valence-electron chi connectivity index (χ0n) is 39.1. The van der Waals surface area contributed by atoms with E-state index in [1.165, 1.54) is 50.5 Å². The predicted molar refractivity (Wildman–Crippen MR) is 255 cm³/mol. The number of hydrogen-bond donors (Lipinski definition) is 5. The summed E-state index contributed by atoms with van der Waals surface area (Å²) in [6.45, 7) is 16.0. The largest absolute Gasteiger partial charge is 2.00 e. The van der Waals surface area contributed by atoms with Crippen LogP contribution < -0.4 is 15.4 Å². The molecule has 3 rings (SSSR count). The van der Waals surface area contributed by atoms with Crippen molar-refractivity contribution in [1.29, 1.82) is 0 Å². The van der Waals surface area contributed by atoms with Gasteiger partial charge in [-0.15, -0.1) is 0 Å². The summed E-state index contributed by atoms with van der Waals surface area (Å²) in [7, 11) is 1.76. The van der Waals surface area contributed by atoms with Gasteiger partial charge in [-0.3, -0.25) is 0 Å². The van der Waals surface area contributed by atoms with Crippen LogP contribution in [0.1, 0.15) is 169 Å². The van der Waals surface area contributed by atoms with Crippen LogP contribution >= 0.6 is 21.9 Å². The summed E-state index contributed by atoms with van der Waals surface area (Å²) in [5.74, 6) is -6.03. The number of hydrogen-bond acceptors (Lipinski definition) is 8. The van der Waals surface area contributed by atoms with Crippen molar-refractivity contribution in [3.05, 3.63) is 59.0 Å². The van der Waals surface area contributed by atoms with Gasteiger partial charge in [-0.25, -0.2) is 13.2 Å². The van der Waals surface area contributed by atoms with Crippen LogP contribution in [0, 0.1) is 36.1 Å². The molecule has 2 aliphatic rings. The first kappa shape index (κ1) is 64.3. The molecule has 1 aromatic carbocycles. The van der Waals surface area contributed by atoms with Gasteiger partial charge in [-0.05, 0) is 75.5 Å². The van der Waals surface area contributed by atoms with Crippen molar-refractivity contribution in [2.24, 2.45) is 5.92 Å². The molecule has 0 heterocycles. The van der Waals surface area contributed by atoms with Crippen molar-refractivity contribution in [2.75, 3.05) is 46.1 Å². The first-order valence-corrected chi connectivity index (χ1v) is 24.6. The van der Waals surface area contributed by atoms with Crippen LogP contribution in [0.25, 0.3) is 5.73 Å². The Morgan fingerprint density at radius 2 is 1.38 bits per heavy atom. The number of benzene rings is 1. The van der Waals surface area contributed by atoms with Crippen molar-refractivity contribution >= 4 is 27.2 Å². The van der Waals surface area contributed by atoms with Gasteiger partial charge in [0.05, 0.1) is 32.0 Å². The van der Waals surface area contributed by atoms with E-state index >= 15 is 0 Å². The molecule has 0 aliphatic heterocycles. The summed E-state index contributed by atoms with van der Waals surface area (Å²) in [5, 5.41) is 30.2. The van der Waals surface area contributed by atoms with E-state index in [4.69, 9.17) is 25.1 Å². The van der Waals surface area contributed by atoms with E-state index in [0.717, 1.165) is 95.8 Å². The summed E-state index contributed by atoms with van der Waals surface area (Å²) >= 11 is 4.37. The summed E-state index contributed by atoms with van der Waals surface area (Å²) in [5.41, 5.74) is 9.64. The van der Waals surface area contributed by atoms with Gasteiger partial charge in [0.15, 0.2) is 17.5 Å². The first-order chi connectivity index (χ1) is 29.8. The Morgan fingerprint density at radius 3 is 1.87 bits per heavy atom. The van der Waals surface area contributed by atoms with Crippen LogP contribution in [0.4, 0.5) is 17.6 Å². The molecule has 2 saturated carbocycles. The number of halogens is 4. The molecule has 2 fully saturated rings. The topological polar surface area (TPSA) is 124 Å². The summed E-state index contributed by atoms with van der Waals surface area (Å²) in [4.78, 5) is 0. The average Bonchev–Trinajstić information content (AvgIpc) is 3.23. The molecule has 0 radical (unpaired) electrons. The Bertz CT molecular complexity index is 1290. The van der Waals surface area contributed by atoms with Gasteiger partial charge < -0.3 is 47.5 Å². The molecule has 15 heteroatoms. The van der Waals surface area contributed by atoms with Crippen LogP contribution in [0.3, 0.4) is 0 Å². The normalized spacial score (nSPS) is 14.7. The number of rotatable bonds is 30. The monoisotopic (exact) mass is 1110 g/mol. The van der Waals surface area contributed by atoms with Crippen LogP contribution in [0.15, 0.2) is 23.1 Å². The summed E-state index contributed by atoms with van der Waals surface area (Å²) in [6.07, 6.45) is 23.2. The molecular formula is C48H85F4N2O6PSW. The minimum Gasteiger partial charge on any atom is -0.677 e. The molecule has 5 N–H and O–H groups in total. The van der Waals surface area contributed by atoms with Gasteiger partial charge in [0.25, 0.3) is 0 Å². The van der Waals surface area contributed by atoms with Crippen molar-refractivity contribution in [3.8, 4) is 5.75 Å². The second-order valence-electron chi connectivity index (χ2n) is 16.2. The maximum atomic E-state index is 14.2. The third-order valence-electron chi connectivity index (χ3n) is 11.0. The molecule has 5 unspecified atom stereocenters. The fraction of sp³-hybridized carbons (Fsp3) is 0.771. The Labute approximate surface area is 402 Å². The van der Waals surface area contributed by atoms with Crippen LogP contribution in [-0.2, 0) is 30.5 Å². The molecule has 368 valence electrons. The van der Waals surface area contributed by atoms with Gasteiger partial charge in [0, 0.05) is 30.1 Å². The van der Waals surface area contributed by atoms with Gasteiger partial charge >= 0.3 is 21.1 Å². The predicted octanol–water partition coefficient (Wildman–Crippen LogP) is 12.0. The van der Waals surface area contributed by atoms with Gasteiger partial charge in [-0.2, -0.15) is 23.6 Å². The number of thiol groups is 1. The van der Waals surface area contributed by atoms with E-state index in [1.54, 1.807) is 9.24 Å². The molecule has 8 nitrogen and oxygen atoms in total. The molecule has 0 aromatic heterocycles. The Balaban J connectivity index is 0. The van der Waals surface area contributed by atoms with Crippen LogP contribution in [0.2, 0.25) is 0 Å². The SMILES string of the molecule is CCC(C)C(S)CC(O)C(O)CCO.CCCCCC.[CH2-]COCCOCCNC=C1CCC1.[NH-]CCCCCCCCCCC(Oc1c(F)c(F)c(F)c(P)c1F)=C1CCC1.[W+2].